The van der Waals surface area contributed by atoms with E-state index < -0.39 is 4.92 Å². The van der Waals surface area contributed by atoms with E-state index in [4.69, 9.17) is 17.0 Å². The van der Waals surface area contributed by atoms with E-state index >= 15 is 0 Å². The van der Waals surface area contributed by atoms with Crippen LogP contribution in [0.1, 0.15) is 13.8 Å². The molecule has 0 fully saturated rings. The van der Waals surface area contributed by atoms with Gasteiger partial charge in [-0.3, -0.25) is 10.1 Å². The second-order valence-electron chi connectivity index (χ2n) is 3.35. The van der Waals surface area contributed by atoms with Crippen LogP contribution in [0.4, 0.5) is 11.4 Å². The fourth-order valence-electron chi connectivity index (χ4n) is 1.35. The van der Waals surface area contributed by atoms with E-state index in [9.17, 15) is 10.1 Å². The summed E-state index contributed by atoms with van der Waals surface area (Å²) < 4.78 is 5.22. The summed E-state index contributed by atoms with van der Waals surface area (Å²) in [7, 11) is 0. The first-order valence-corrected chi connectivity index (χ1v) is 5.95. The van der Waals surface area contributed by atoms with Gasteiger partial charge in [-0.15, -0.1) is 0 Å². The van der Waals surface area contributed by atoms with Gasteiger partial charge in [-0.2, -0.15) is 0 Å². The Morgan fingerprint density at radius 3 is 2.78 bits per heavy atom. The summed E-state index contributed by atoms with van der Waals surface area (Å²) in [6.07, 6.45) is 0. The van der Waals surface area contributed by atoms with Crippen LogP contribution in [0.5, 0.6) is 5.75 Å². The van der Waals surface area contributed by atoms with Crippen LogP contribution < -0.4 is 15.4 Å². The average Bonchev–Trinajstić information content (AvgIpc) is 2.31. The number of benzene rings is 1. The van der Waals surface area contributed by atoms with Crippen molar-refractivity contribution in [3.8, 4) is 5.75 Å². The smallest absolute Gasteiger partial charge is 0.296 e. The SMILES string of the molecule is CCNC(=S)Nc1ccc(OCC)cc1[N+](=O)[O-]. The number of thiocarbonyl (C=S) groups is 1. The van der Waals surface area contributed by atoms with Crippen molar-refractivity contribution >= 4 is 28.7 Å². The number of nitro benzene ring substituents is 1. The fraction of sp³-hybridized carbons (Fsp3) is 0.364. The summed E-state index contributed by atoms with van der Waals surface area (Å²) in [4.78, 5) is 10.5. The lowest BCUT2D eigenvalue weighted by Crippen LogP contribution is -2.28. The van der Waals surface area contributed by atoms with Crippen molar-refractivity contribution in [1.82, 2.24) is 5.32 Å². The standard InChI is InChI=1S/C11H15N3O3S/c1-3-12-11(18)13-9-6-5-8(17-4-2)7-10(9)14(15)16/h5-7H,3-4H2,1-2H3,(H2,12,13,18). The predicted octanol–water partition coefficient (Wildman–Crippen LogP) is 2.30. The molecule has 18 heavy (non-hydrogen) atoms. The van der Waals surface area contributed by atoms with Gasteiger partial charge in [-0.05, 0) is 38.2 Å². The monoisotopic (exact) mass is 269 g/mol. The molecule has 0 amide bonds. The van der Waals surface area contributed by atoms with E-state index in [0.717, 1.165) is 0 Å². The summed E-state index contributed by atoms with van der Waals surface area (Å²) >= 11 is 4.99. The third-order valence-corrected chi connectivity index (χ3v) is 2.31. The molecule has 0 atom stereocenters. The molecule has 0 aliphatic heterocycles. The zero-order valence-corrected chi connectivity index (χ0v) is 11.0. The van der Waals surface area contributed by atoms with Gasteiger partial charge in [0.1, 0.15) is 11.4 Å². The molecule has 7 heteroatoms. The summed E-state index contributed by atoms with van der Waals surface area (Å²) in [5.74, 6) is 0.462. The lowest BCUT2D eigenvalue weighted by molar-refractivity contribution is -0.384. The van der Waals surface area contributed by atoms with E-state index in [0.29, 0.717) is 29.7 Å². The van der Waals surface area contributed by atoms with Crippen molar-refractivity contribution in [3.63, 3.8) is 0 Å². The number of anilines is 1. The van der Waals surface area contributed by atoms with Gasteiger partial charge in [0.25, 0.3) is 5.69 Å². The number of hydrogen-bond acceptors (Lipinski definition) is 4. The van der Waals surface area contributed by atoms with Crippen molar-refractivity contribution in [2.75, 3.05) is 18.5 Å². The summed E-state index contributed by atoms with van der Waals surface area (Å²) in [6, 6.07) is 4.61. The highest BCUT2D eigenvalue weighted by molar-refractivity contribution is 7.80. The molecule has 0 aliphatic rings. The highest BCUT2D eigenvalue weighted by atomic mass is 32.1. The Balaban J connectivity index is 2.96. The van der Waals surface area contributed by atoms with E-state index in [1.807, 2.05) is 13.8 Å². The molecule has 2 N–H and O–H groups in total. The number of nitrogens with zero attached hydrogens (tertiary/aromatic N) is 1. The first-order valence-electron chi connectivity index (χ1n) is 5.54. The van der Waals surface area contributed by atoms with Crippen LogP contribution in [-0.4, -0.2) is 23.2 Å². The topological polar surface area (TPSA) is 76.4 Å². The fourth-order valence-corrected chi connectivity index (χ4v) is 1.61. The summed E-state index contributed by atoms with van der Waals surface area (Å²) in [6.45, 7) is 4.81. The van der Waals surface area contributed by atoms with E-state index in [2.05, 4.69) is 10.6 Å². The first kappa shape index (κ1) is 14.2. The third-order valence-electron chi connectivity index (χ3n) is 2.06. The average molecular weight is 269 g/mol. The maximum atomic E-state index is 11.0. The molecular formula is C11H15N3O3S. The summed E-state index contributed by atoms with van der Waals surface area (Å²) in [5.41, 5.74) is 0.274. The van der Waals surface area contributed by atoms with Crippen LogP contribution in [0.15, 0.2) is 18.2 Å². The van der Waals surface area contributed by atoms with Crippen LogP contribution in [-0.2, 0) is 0 Å². The normalized spacial score (nSPS) is 9.67. The number of nitro groups is 1. The van der Waals surface area contributed by atoms with Gasteiger partial charge >= 0.3 is 0 Å². The lowest BCUT2D eigenvalue weighted by atomic mass is 10.2. The number of nitrogens with one attached hydrogen (secondary N) is 2. The Kier molecular flexibility index (Phi) is 5.31. The minimum atomic E-state index is -0.473. The molecule has 98 valence electrons. The predicted molar refractivity (Wildman–Crippen MR) is 74.2 cm³/mol. The minimum absolute atomic E-state index is 0.0683. The molecule has 0 aromatic heterocycles. The molecule has 0 unspecified atom stereocenters. The highest BCUT2D eigenvalue weighted by Gasteiger charge is 2.15. The van der Waals surface area contributed by atoms with Crippen LogP contribution in [0.3, 0.4) is 0 Å². The Morgan fingerprint density at radius 1 is 1.50 bits per heavy atom. The molecule has 6 nitrogen and oxygen atoms in total. The molecule has 0 heterocycles. The van der Waals surface area contributed by atoms with E-state index in [1.54, 1.807) is 12.1 Å². The van der Waals surface area contributed by atoms with Gasteiger partial charge < -0.3 is 15.4 Å². The minimum Gasteiger partial charge on any atom is -0.494 e. The van der Waals surface area contributed by atoms with Crippen LogP contribution in [0.2, 0.25) is 0 Å². The second kappa shape index (κ2) is 6.75. The van der Waals surface area contributed by atoms with Gasteiger partial charge in [0.15, 0.2) is 5.11 Å². The van der Waals surface area contributed by atoms with Gasteiger partial charge in [-0.25, -0.2) is 0 Å². The summed E-state index contributed by atoms with van der Waals surface area (Å²) in [5, 5.41) is 17.0. The highest BCUT2D eigenvalue weighted by Crippen LogP contribution is 2.29. The number of ether oxygens (including phenoxy) is 1. The van der Waals surface area contributed by atoms with Crippen molar-refractivity contribution in [3.05, 3.63) is 28.3 Å². The largest absolute Gasteiger partial charge is 0.494 e. The van der Waals surface area contributed by atoms with Crippen molar-refractivity contribution in [1.29, 1.82) is 0 Å². The van der Waals surface area contributed by atoms with Crippen molar-refractivity contribution < 1.29 is 9.66 Å². The molecule has 0 radical (unpaired) electrons. The van der Waals surface area contributed by atoms with Crippen LogP contribution >= 0.6 is 12.2 Å². The second-order valence-corrected chi connectivity index (χ2v) is 3.76. The molecule has 0 saturated carbocycles. The Labute approximate surface area is 110 Å². The van der Waals surface area contributed by atoms with Crippen LogP contribution in [0.25, 0.3) is 0 Å². The van der Waals surface area contributed by atoms with Crippen LogP contribution in [0, 0.1) is 10.1 Å². The van der Waals surface area contributed by atoms with Gasteiger partial charge in [-0.1, -0.05) is 0 Å². The van der Waals surface area contributed by atoms with Gasteiger partial charge in [0.05, 0.1) is 17.6 Å². The molecule has 1 rings (SSSR count). The number of rotatable bonds is 5. The maximum Gasteiger partial charge on any atom is 0.296 e. The quantitative estimate of drug-likeness (QED) is 0.485. The Bertz CT molecular complexity index is 451. The Hall–Kier alpha value is -1.89. The van der Waals surface area contributed by atoms with Crippen molar-refractivity contribution in [2.45, 2.75) is 13.8 Å². The first-order chi connectivity index (χ1) is 8.58. The molecule has 1 aromatic carbocycles. The molecule has 1 aromatic rings. The molecule has 0 saturated heterocycles. The zero-order chi connectivity index (χ0) is 13.5. The maximum absolute atomic E-state index is 11.0. The third kappa shape index (κ3) is 3.85. The molecule has 0 aliphatic carbocycles. The molecule has 0 bridgehead atoms. The number of hydrogen-bond donors (Lipinski definition) is 2. The van der Waals surface area contributed by atoms with Crippen molar-refractivity contribution in [2.24, 2.45) is 0 Å². The lowest BCUT2D eigenvalue weighted by Gasteiger charge is -2.10. The van der Waals surface area contributed by atoms with Gasteiger partial charge in [0.2, 0.25) is 0 Å². The molecular weight excluding hydrogens is 254 g/mol. The molecule has 0 spiro atoms. The van der Waals surface area contributed by atoms with E-state index in [-0.39, 0.29) is 5.69 Å². The van der Waals surface area contributed by atoms with E-state index in [1.165, 1.54) is 6.07 Å². The Morgan fingerprint density at radius 2 is 2.22 bits per heavy atom. The van der Waals surface area contributed by atoms with Gasteiger partial charge in [0, 0.05) is 6.54 Å². The zero-order valence-electron chi connectivity index (χ0n) is 10.2.